The SMILES string of the molecule is CCCCC1CCC(c2ccc(C#C/C=C/C3CCC(c4ccc(OCC)cc4)CC3)cc2)CC1. The maximum absolute atomic E-state index is 5.58. The number of allylic oxidation sites excluding steroid dienone is 2. The summed E-state index contributed by atoms with van der Waals surface area (Å²) < 4.78 is 5.58. The molecule has 2 aromatic rings. The van der Waals surface area contributed by atoms with Gasteiger partial charge in [0, 0.05) is 5.56 Å². The normalized spacial score (nSPS) is 24.6. The van der Waals surface area contributed by atoms with Crippen LogP contribution >= 0.6 is 0 Å². The molecule has 0 unspecified atom stereocenters. The lowest BCUT2D eigenvalue weighted by Gasteiger charge is -2.28. The Bertz CT molecular complexity index is 956. The summed E-state index contributed by atoms with van der Waals surface area (Å²) in [5.41, 5.74) is 4.11. The first-order chi connectivity index (χ1) is 17.2. The number of ether oxygens (including phenoxy) is 1. The van der Waals surface area contributed by atoms with Crippen LogP contribution in [0.5, 0.6) is 5.75 Å². The van der Waals surface area contributed by atoms with E-state index in [1.54, 1.807) is 0 Å². The van der Waals surface area contributed by atoms with Gasteiger partial charge >= 0.3 is 0 Å². The number of rotatable bonds is 8. The first-order valence-electron chi connectivity index (χ1n) is 14.3. The van der Waals surface area contributed by atoms with Crippen molar-refractivity contribution < 1.29 is 4.74 Å². The predicted octanol–water partition coefficient (Wildman–Crippen LogP) is 9.43. The third-order valence-electron chi connectivity index (χ3n) is 8.30. The van der Waals surface area contributed by atoms with Crippen LogP contribution in [0.2, 0.25) is 0 Å². The molecule has 0 atom stereocenters. The molecule has 35 heavy (non-hydrogen) atoms. The van der Waals surface area contributed by atoms with Crippen molar-refractivity contribution in [2.24, 2.45) is 11.8 Å². The molecule has 2 saturated carbocycles. The molecule has 0 spiro atoms. The highest BCUT2D eigenvalue weighted by atomic mass is 16.5. The molecule has 2 aliphatic carbocycles. The molecule has 2 fully saturated rings. The Balaban J connectivity index is 1.20. The summed E-state index contributed by atoms with van der Waals surface area (Å²) in [6, 6.07) is 17.8. The van der Waals surface area contributed by atoms with Crippen molar-refractivity contribution in [2.45, 2.75) is 96.3 Å². The molecule has 186 valence electrons. The molecule has 0 aliphatic heterocycles. The van der Waals surface area contributed by atoms with E-state index in [1.165, 1.54) is 81.8 Å². The van der Waals surface area contributed by atoms with Gasteiger partial charge in [0.2, 0.25) is 0 Å². The summed E-state index contributed by atoms with van der Waals surface area (Å²) in [6.45, 7) is 5.07. The monoisotopic (exact) mass is 468 g/mol. The highest BCUT2D eigenvalue weighted by Gasteiger charge is 2.22. The van der Waals surface area contributed by atoms with Gasteiger partial charge in [-0.25, -0.2) is 0 Å². The van der Waals surface area contributed by atoms with Gasteiger partial charge in [0.15, 0.2) is 0 Å². The van der Waals surface area contributed by atoms with E-state index in [-0.39, 0.29) is 0 Å². The lowest BCUT2D eigenvalue weighted by molar-refractivity contribution is 0.304. The Kier molecular flexibility index (Phi) is 9.94. The molecule has 0 bridgehead atoms. The second-order valence-electron chi connectivity index (χ2n) is 10.7. The number of benzene rings is 2. The summed E-state index contributed by atoms with van der Waals surface area (Å²) in [7, 11) is 0. The van der Waals surface area contributed by atoms with Crippen molar-refractivity contribution in [2.75, 3.05) is 6.61 Å². The Morgan fingerprint density at radius 1 is 0.771 bits per heavy atom. The van der Waals surface area contributed by atoms with E-state index in [9.17, 15) is 0 Å². The van der Waals surface area contributed by atoms with Gasteiger partial charge in [0.1, 0.15) is 5.75 Å². The van der Waals surface area contributed by atoms with E-state index >= 15 is 0 Å². The first-order valence-corrected chi connectivity index (χ1v) is 14.3. The van der Waals surface area contributed by atoms with E-state index in [4.69, 9.17) is 4.74 Å². The number of hydrogen-bond donors (Lipinski definition) is 0. The highest BCUT2D eigenvalue weighted by molar-refractivity contribution is 5.39. The first kappa shape index (κ1) is 25.6. The van der Waals surface area contributed by atoms with Crippen molar-refractivity contribution in [3.63, 3.8) is 0 Å². The van der Waals surface area contributed by atoms with Crippen LogP contribution in [0.25, 0.3) is 0 Å². The van der Waals surface area contributed by atoms with Gasteiger partial charge < -0.3 is 4.74 Å². The van der Waals surface area contributed by atoms with Crippen LogP contribution in [0, 0.1) is 23.7 Å². The molecule has 2 aliphatic rings. The van der Waals surface area contributed by atoms with Crippen molar-refractivity contribution in [1.82, 2.24) is 0 Å². The molecule has 0 aromatic heterocycles. The molecule has 1 nitrogen and oxygen atoms in total. The Morgan fingerprint density at radius 2 is 1.37 bits per heavy atom. The smallest absolute Gasteiger partial charge is 0.119 e. The largest absolute Gasteiger partial charge is 0.494 e. The van der Waals surface area contributed by atoms with Crippen LogP contribution in [0.3, 0.4) is 0 Å². The zero-order chi connectivity index (χ0) is 24.3. The summed E-state index contributed by atoms with van der Waals surface area (Å²) in [5, 5.41) is 0. The average molecular weight is 469 g/mol. The van der Waals surface area contributed by atoms with Crippen molar-refractivity contribution in [1.29, 1.82) is 0 Å². The standard InChI is InChI=1S/C34H44O/c1-3-5-8-27-11-17-30(18-12-27)31-19-13-28(14-20-31)9-6-7-10-29-15-21-32(22-16-29)33-23-25-34(26-24-33)35-4-2/h7,10,13-14,19-20,23-27,29-30,32H,3-5,8,11-12,15-18,21-22H2,1-2H3/b10-7+. The van der Waals surface area contributed by atoms with Crippen LogP contribution in [-0.2, 0) is 0 Å². The van der Waals surface area contributed by atoms with Crippen molar-refractivity contribution in [3.05, 3.63) is 77.4 Å². The van der Waals surface area contributed by atoms with Crippen LogP contribution in [0.15, 0.2) is 60.7 Å². The highest BCUT2D eigenvalue weighted by Crippen LogP contribution is 2.38. The van der Waals surface area contributed by atoms with E-state index in [1.807, 2.05) is 6.92 Å². The quantitative estimate of drug-likeness (QED) is 0.351. The fourth-order valence-electron chi connectivity index (χ4n) is 6.07. The maximum Gasteiger partial charge on any atom is 0.119 e. The zero-order valence-corrected chi connectivity index (χ0v) is 22.0. The molecule has 0 radical (unpaired) electrons. The molecule has 1 heteroatoms. The zero-order valence-electron chi connectivity index (χ0n) is 22.0. The molecular weight excluding hydrogens is 424 g/mol. The van der Waals surface area contributed by atoms with Gasteiger partial charge in [-0.1, -0.05) is 68.4 Å². The predicted molar refractivity (Wildman–Crippen MR) is 149 cm³/mol. The van der Waals surface area contributed by atoms with Crippen LogP contribution < -0.4 is 4.74 Å². The fourth-order valence-corrected chi connectivity index (χ4v) is 6.07. The van der Waals surface area contributed by atoms with Gasteiger partial charge in [-0.15, -0.1) is 0 Å². The van der Waals surface area contributed by atoms with Gasteiger partial charge in [0.25, 0.3) is 0 Å². The Morgan fingerprint density at radius 3 is 1.97 bits per heavy atom. The maximum atomic E-state index is 5.58. The lowest BCUT2D eigenvalue weighted by atomic mass is 9.77. The third-order valence-corrected chi connectivity index (χ3v) is 8.30. The number of hydrogen-bond acceptors (Lipinski definition) is 1. The van der Waals surface area contributed by atoms with Gasteiger partial charge in [0.05, 0.1) is 6.61 Å². The number of unbranched alkanes of at least 4 members (excludes halogenated alkanes) is 1. The Labute approximate surface area is 214 Å². The van der Waals surface area contributed by atoms with Crippen LogP contribution in [0.1, 0.15) is 113 Å². The van der Waals surface area contributed by atoms with E-state index in [0.29, 0.717) is 11.8 Å². The van der Waals surface area contributed by atoms with Crippen molar-refractivity contribution in [3.8, 4) is 17.6 Å². The molecule has 0 heterocycles. The van der Waals surface area contributed by atoms with Crippen molar-refractivity contribution >= 4 is 0 Å². The summed E-state index contributed by atoms with van der Waals surface area (Å²) in [6.07, 6.45) is 19.2. The topological polar surface area (TPSA) is 9.23 Å². The van der Waals surface area contributed by atoms with E-state index < -0.39 is 0 Å². The summed E-state index contributed by atoms with van der Waals surface area (Å²) in [4.78, 5) is 0. The molecule has 4 rings (SSSR count). The minimum atomic E-state index is 0.665. The Hall–Kier alpha value is -2.46. The second-order valence-corrected chi connectivity index (χ2v) is 10.7. The molecule has 0 saturated heterocycles. The second kappa shape index (κ2) is 13.6. The average Bonchev–Trinajstić information content (AvgIpc) is 2.92. The van der Waals surface area contributed by atoms with Gasteiger partial charge in [-0.05, 0) is 123 Å². The molecule has 2 aromatic carbocycles. The minimum absolute atomic E-state index is 0.665. The molecule has 0 N–H and O–H groups in total. The van der Waals surface area contributed by atoms with Gasteiger partial charge in [-0.2, -0.15) is 0 Å². The molecule has 0 amide bonds. The fraction of sp³-hybridized carbons (Fsp3) is 0.529. The van der Waals surface area contributed by atoms with E-state index in [0.717, 1.165) is 29.8 Å². The lowest BCUT2D eigenvalue weighted by Crippen LogP contribution is -2.13. The minimum Gasteiger partial charge on any atom is -0.494 e. The molecular formula is C34H44O. The van der Waals surface area contributed by atoms with Crippen LogP contribution in [0.4, 0.5) is 0 Å². The third kappa shape index (κ3) is 7.76. The van der Waals surface area contributed by atoms with Gasteiger partial charge in [-0.3, -0.25) is 0 Å². The van der Waals surface area contributed by atoms with E-state index in [2.05, 4.69) is 79.4 Å². The van der Waals surface area contributed by atoms with Crippen LogP contribution in [-0.4, -0.2) is 6.61 Å². The summed E-state index contributed by atoms with van der Waals surface area (Å²) >= 11 is 0. The summed E-state index contributed by atoms with van der Waals surface area (Å²) in [5.74, 6) is 10.7.